The zero-order chi connectivity index (χ0) is 25.1. The maximum absolute atomic E-state index is 13.5. The van der Waals surface area contributed by atoms with E-state index in [1.54, 1.807) is 29.7 Å². The van der Waals surface area contributed by atoms with Gasteiger partial charge in [0.25, 0.3) is 5.91 Å². The predicted octanol–water partition coefficient (Wildman–Crippen LogP) is 4.91. The van der Waals surface area contributed by atoms with Crippen molar-refractivity contribution in [3.63, 3.8) is 0 Å². The zero-order valence-electron chi connectivity index (χ0n) is 17.8. The number of aromatic carboxylic acids is 1. The molecule has 2 amide bonds. The molecule has 0 saturated carbocycles. The fraction of sp³-hybridized carbons (Fsp3) is 0.0833. The van der Waals surface area contributed by atoms with Gasteiger partial charge in [-0.2, -0.15) is 0 Å². The molecule has 4 rings (SSSR count). The van der Waals surface area contributed by atoms with Gasteiger partial charge in [-0.15, -0.1) is 11.3 Å². The van der Waals surface area contributed by atoms with Crippen LogP contribution in [0.1, 0.15) is 20.8 Å². The Labute approximate surface area is 212 Å². The van der Waals surface area contributed by atoms with Crippen LogP contribution in [0.3, 0.4) is 0 Å². The Hall–Kier alpha value is -3.41. The molecule has 1 aliphatic rings. The Morgan fingerprint density at radius 3 is 2.49 bits per heavy atom. The molecule has 6 nitrogen and oxygen atoms in total. The lowest BCUT2D eigenvalue weighted by atomic mass is 10.1. The van der Waals surface area contributed by atoms with E-state index in [0.717, 1.165) is 28.8 Å². The number of thiophene rings is 1. The van der Waals surface area contributed by atoms with E-state index in [2.05, 4.69) is 5.32 Å². The quantitative estimate of drug-likeness (QED) is 0.334. The van der Waals surface area contributed by atoms with Crippen molar-refractivity contribution in [2.45, 2.75) is 6.54 Å². The molecule has 2 aromatic carbocycles. The van der Waals surface area contributed by atoms with Crippen LogP contribution < -0.4 is 5.32 Å². The van der Waals surface area contributed by atoms with Crippen molar-refractivity contribution in [1.82, 2.24) is 10.2 Å². The molecule has 35 heavy (non-hydrogen) atoms. The summed E-state index contributed by atoms with van der Waals surface area (Å²) in [5.41, 5.74) is 2.06. The Balaban J connectivity index is 1.38. The summed E-state index contributed by atoms with van der Waals surface area (Å²) in [5.74, 6) is -3.71. The zero-order valence-corrected chi connectivity index (χ0v) is 20.2. The average Bonchev–Trinajstić information content (AvgIpc) is 3.40. The Bertz CT molecular complexity index is 1370. The Kier molecular flexibility index (Phi) is 7.39. The third-order valence-corrected chi connectivity index (χ3v) is 7.27. The van der Waals surface area contributed by atoms with Crippen LogP contribution >= 0.6 is 35.3 Å². The van der Waals surface area contributed by atoms with Gasteiger partial charge in [0.05, 0.1) is 10.5 Å². The molecule has 1 aromatic heterocycles. The van der Waals surface area contributed by atoms with Crippen LogP contribution in [0.2, 0.25) is 0 Å². The third-order valence-electron chi connectivity index (χ3n) is 5.01. The standard InChI is InChI=1S/C24H16F2N2O4S3/c25-18-6-5-15(8-19(18)26)16-7-17(34-12-16)9-20-22(30)28(24(33)35-20)11-21(29)27-10-13-1-3-14(4-2-13)23(31)32/h1-9,12H,10-11H2,(H,27,29)(H,31,32). The van der Waals surface area contributed by atoms with Crippen molar-refractivity contribution in [1.29, 1.82) is 0 Å². The summed E-state index contributed by atoms with van der Waals surface area (Å²) in [7, 11) is 0. The lowest BCUT2D eigenvalue weighted by Gasteiger charge is -2.14. The van der Waals surface area contributed by atoms with Gasteiger partial charge in [-0.05, 0) is 58.5 Å². The second kappa shape index (κ2) is 10.5. The summed E-state index contributed by atoms with van der Waals surface area (Å²) in [4.78, 5) is 38.4. The smallest absolute Gasteiger partial charge is 0.335 e. The molecule has 1 aliphatic heterocycles. The monoisotopic (exact) mass is 530 g/mol. The fourth-order valence-electron chi connectivity index (χ4n) is 3.19. The minimum atomic E-state index is -1.04. The van der Waals surface area contributed by atoms with Crippen LogP contribution in [0.15, 0.2) is 58.8 Å². The van der Waals surface area contributed by atoms with Gasteiger partial charge >= 0.3 is 5.97 Å². The van der Waals surface area contributed by atoms with Crippen molar-refractivity contribution in [3.8, 4) is 11.1 Å². The van der Waals surface area contributed by atoms with Gasteiger partial charge < -0.3 is 10.4 Å². The number of carboxylic acid groups (broad SMARTS) is 1. The van der Waals surface area contributed by atoms with Crippen LogP contribution in [0, 0.1) is 11.6 Å². The highest BCUT2D eigenvalue weighted by molar-refractivity contribution is 8.26. The van der Waals surface area contributed by atoms with E-state index in [-0.39, 0.29) is 23.0 Å². The Morgan fingerprint density at radius 2 is 1.80 bits per heavy atom. The van der Waals surface area contributed by atoms with Crippen molar-refractivity contribution in [3.05, 3.63) is 86.5 Å². The predicted molar refractivity (Wildman–Crippen MR) is 135 cm³/mol. The maximum Gasteiger partial charge on any atom is 0.335 e. The molecule has 1 fully saturated rings. The van der Waals surface area contributed by atoms with E-state index in [0.29, 0.717) is 21.6 Å². The van der Waals surface area contributed by atoms with E-state index in [9.17, 15) is 23.2 Å². The van der Waals surface area contributed by atoms with Gasteiger partial charge in [0, 0.05) is 11.4 Å². The largest absolute Gasteiger partial charge is 0.478 e. The molecule has 3 aromatic rings. The molecular weight excluding hydrogens is 514 g/mol. The van der Waals surface area contributed by atoms with Crippen molar-refractivity contribution in [2.75, 3.05) is 6.54 Å². The first-order valence-corrected chi connectivity index (χ1v) is 12.2. The number of amides is 2. The molecular formula is C24H16F2N2O4S3. The SMILES string of the molecule is O=C(CN1C(=O)C(=Cc2cc(-c3ccc(F)c(F)c3)cs2)SC1=S)NCc1ccc(C(=O)O)cc1. The van der Waals surface area contributed by atoms with Gasteiger partial charge in [-0.3, -0.25) is 14.5 Å². The molecule has 0 spiro atoms. The number of nitrogens with zero attached hydrogens (tertiary/aromatic N) is 1. The minimum Gasteiger partial charge on any atom is -0.478 e. The molecule has 0 bridgehead atoms. The van der Waals surface area contributed by atoms with Crippen LogP contribution in [0.25, 0.3) is 17.2 Å². The number of carbonyl (C=O) groups excluding carboxylic acids is 2. The van der Waals surface area contributed by atoms with Crippen LogP contribution in [-0.2, 0) is 16.1 Å². The molecule has 1 saturated heterocycles. The van der Waals surface area contributed by atoms with E-state index in [4.69, 9.17) is 17.3 Å². The maximum atomic E-state index is 13.5. The van der Waals surface area contributed by atoms with Crippen molar-refractivity contribution >= 4 is 63.5 Å². The van der Waals surface area contributed by atoms with Crippen LogP contribution in [0.5, 0.6) is 0 Å². The topological polar surface area (TPSA) is 86.7 Å². The first-order chi connectivity index (χ1) is 16.7. The normalized spacial score (nSPS) is 14.6. The van der Waals surface area contributed by atoms with Gasteiger partial charge in [-0.1, -0.05) is 42.2 Å². The number of thiocarbonyl (C=S) groups is 1. The molecule has 2 heterocycles. The molecule has 0 atom stereocenters. The van der Waals surface area contributed by atoms with Gasteiger partial charge in [0.2, 0.25) is 5.91 Å². The number of carboxylic acids is 1. The Morgan fingerprint density at radius 1 is 1.06 bits per heavy atom. The number of halogens is 2. The fourth-order valence-corrected chi connectivity index (χ4v) is 5.36. The summed E-state index contributed by atoms with van der Waals surface area (Å²) in [5, 5.41) is 13.4. The summed E-state index contributed by atoms with van der Waals surface area (Å²) in [6.45, 7) is -0.0783. The third kappa shape index (κ3) is 5.81. The van der Waals surface area contributed by atoms with E-state index < -0.39 is 29.4 Å². The number of thioether (sulfide) groups is 1. The molecule has 0 unspecified atom stereocenters. The van der Waals surface area contributed by atoms with Gasteiger partial charge in [-0.25, -0.2) is 13.6 Å². The highest BCUT2D eigenvalue weighted by atomic mass is 32.2. The number of hydrogen-bond donors (Lipinski definition) is 2. The summed E-state index contributed by atoms with van der Waals surface area (Å²) in [6.07, 6.45) is 1.65. The van der Waals surface area contributed by atoms with Gasteiger partial charge in [0.1, 0.15) is 10.9 Å². The molecule has 0 aliphatic carbocycles. The van der Waals surface area contributed by atoms with E-state index in [1.165, 1.54) is 34.4 Å². The molecule has 0 radical (unpaired) electrons. The molecule has 2 N–H and O–H groups in total. The molecule has 178 valence electrons. The summed E-state index contributed by atoms with van der Waals surface area (Å²) >= 11 is 7.68. The lowest BCUT2D eigenvalue weighted by Crippen LogP contribution is -2.39. The van der Waals surface area contributed by atoms with E-state index in [1.807, 2.05) is 0 Å². The summed E-state index contributed by atoms with van der Waals surface area (Å²) in [6, 6.07) is 11.5. The minimum absolute atomic E-state index is 0.145. The van der Waals surface area contributed by atoms with Crippen molar-refractivity contribution < 1.29 is 28.3 Å². The number of hydrogen-bond acceptors (Lipinski definition) is 6. The number of carbonyl (C=O) groups is 3. The van der Waals surface area contributed by atoms with Crippen LogP contribution in [0.4, 0.5) is 8.78 Å². The first-order valence-electron chi connectivity index (χ1n) is 10.1. The summed E-state index contributed by atoms with van der Waals surface area (Å²) < 4.78 is 27.0. The second-order valence-electron chi connectivity index (χ2n) is 7.41. The second-order valence-corrected chi connectivity index (χ2v) is 10.0. The van der Waals surface area contributed by atoms with Crippen molar-refractivity contribution in [2.24, 2.45) is 0 Å². The lowest BCUT2D eigenvalue weighted by molar-refractivity contribution is -0.128. The highest BCUT2D eigenvalue weighted by Crippen LogP contribution is 2.35. The van der Waals surface area contributed by atoms with E-state index >= 15 is 0 Å². The number of benzene rings is 2. The van der Waals surface area contributed by atoms with Gasteiger partial charge in [0.15, 0.2) is 11.6 Å². The molecule has 11 heteroatoms. The number of rotatable bonds is 7. The van der Waals surface area contributed by atoms with Crippen LogP contribution in [-0.4, -0.2) is 38.7 Å². The average molecular weight is 531 g/mol. The highest BCUT2D eigenvalue weighted by Gasteiger charge is 2.33. The first kappa shape index (κ1) is 24.7. The number of nitrogens with one attached hydrogen (secondary N) is 1.